The highest BCUT2D eigenvalue weighted by atomic mass is 35.5. The molecule has 2 nitrogen and oxygen atoms in total. The number of carbonyl (C=O) groups is 1. The van der Waals surface area contributed by atoms with Crippen molar-refractivity contribution in [3.8, 4) is 0 Å². The summed E-state index contributed by atoms with van der Waals surface area (Å²) >= 11 is 18.6. The summed E-state index contributed by atoms with van der Waals surface area (Å²) in [4.78, 5) is 14.7. The van der Waals surface area contributed by atoms with E-state index in [0.29, 0.717) is 25.8 Å². The second-order valence-electron chi connectivity index (χ2n) is 4.71. The van der Waals surface area contributed by atoms with Crippen molar-refractivity contribution < 1.29 is 4.79 Å². The molecule has 6 heteroatoms. The van der Waals surface area contributed by atoms with Crippen molar-refractivity contribution in [1.82, 2.24) is 4.90 Å². The van der Waals surface area contributed by atoms with Crippen LogP contribution in [0.15, 0.2) is 23.1 Å². The number of hydrogen-bond acceptors (Lipinski definition) is 3. The second-order valence-corrected chi connectivity index (χ2v) is 7.23. The Morgan fingerprint density at radius 3 is 2.76 bits per heavy atom. The zero-order valence-corrected chi connectivity index (χ0v) is 14.7. The van der Waals surface area contributed by atoms with Crippen molar-refractivity contribution in [2.75, 3.05) is 6.54 Å². The molecule has 0 N–H and O–H groups in total. The molecular weight excluding hydrogens is 345 g/mol. The van der Waals surface area contributed by atoms with E-state index in [1.54, 1.807) is 29.2 Å². The largest absolute Gasteiger partial charge is 0.293 e. The minimum absolute atomic E-state index is 0.0351. The van der Waals surface area contributed by atoms with E-state index < -0.39 is 0 Å². The number of benzene rings is 1. The van der Waals surface area contributed by atoms with Crippen LogP contribution in [0.1, 0.15) is 31.7 Å². The van der Waals surface area contributed by atoms with Crippen LogP contribution in [0.25, 0.3) is 6.08 Å². The molecule has 1 aromatic rings. The van der Waals surface area contributed by atoms with Gasteiger partial charge in [0.15, 0.2) is 0 Å². The van der Waals surface area contributed by atoms with Gasteiger partial charge in [0.1, 0.15) is 4.32 Å². The van der Waals surface area contributed by atoms with Gasteiger partial charge in [-0.2, -0.15) is 0 Å². The van der Waals surface area contributed by atoms with E-state index in [1.807, 2.05) is 0 Å². The predicted octanol–water partition coefficient (Wildman–Crippen LogP) is 5.38. The number of thioether (sulfide) groups is 1. The lowest BCUT2D eigenvalue weighted by molar-refractivity contribution is -0.122. The number of thiocarbonyl (C=S) groups is 1. The first-order valence-corrected chi connectivity index (χ1v) is 8.71. The Balaban J connectivity index is 2.16. The van der Waals surface area contributed by atoms with Gasteiger partial charge < -0.3 is 0 Å². The Labute approximate surface area is 144 Å². The number of unbranched alkanes of at least 4 members (excludes halogenated alkanes) is 2. The number of nitrogens with zero attached hydrogens (tertiary/aromatic N) is 1. The van der Waals surface area contributed by atoms with Crippen LogP contribution in [0.5, 0.6) is 0 Å². The lowest BCUT2D eigenvalue weighted by Gasteiger charge is -2.13. The van der Waals surface area contributed by atoms with Crippen LogP contribution in [-0.4, -0.2) is 21.7 Å². The normalized spacial score (nSPS) is 17.1. The van der Waals surface area contributed by atoms with Gasteiger partial charge in [-0.1, -0.05) is 73.0 Å². The molecule has 0 unspecified atom stereocenters. The maximum absolute atomic E-state index is 12.4. The zero-order chi connectivity index (χ0) is 15.4. The van der Waals surface area contributed by atoms with Crippen molar-refractivity contribution in [2.24, 2.45) is 0 Å². The molecule has 1 amide bonds. The van der Waals surface area contributed by atoms with E-state index in [1.165, 1.54) is 11.8 Å². The minimum atomic E-state index is -0.0351. The molecule has 2 rings (SSSR count). The molecule has 0 bridgehead atoms. The highest BCUT2D eigenvalue weighted by molar-refractivity contribution is 8.26. The van der Waals surface area contributed by atoms with Crippen LogP contribution in [0, 0.1) is 0 Å². The summed E-state index contributed by atoms with van der Waals surface area (Å²) in [6.45, 7) is 2.82. The number of rotatable bonds is 5. The van der Waals surface area contributed by atoms with Crippen LogP contribution < -0.4 is 0 Å². The number of halogens is 2. The molecule has 0 spiro atoms. The van der Waals surface area contributed by atoms with Crippen molar-refractivity contribution in [2.45, 2.75) is 26.2 Å². The van der Waals surface area contributed by atoms with Gasteiger partial charge in [-0.05, 0) is 30.2 Å². The first-order valence-electron chi connectivity index (χ1n) is 6.73. The Morgan fingerprint density at radius 2 is 2.10 bits per heavy atom. The lowest BCUT2D eigenvalue weighted by atomic mass is 10.2. The van der Waals surface area contributed by atoms with Crippen LogP contribution in [0.2, 0.25) is 10.0 Å². The maximum atomic E-state index is 12.4. The van der Waals surface area contributed by atoms with E-state index in [0.717, 1.165) is 24.8 Å². The fraction of sp³-hybridized carbons (Fsp3) is 0.333. The van der Waals surface area contributed by atoms with E-state index in [-0.39, 0.29) is 5.91 Å². The van der Waals surface area contributed by atoms with Crippen molar-refractivity contribution in [3.63, 3.8) is 0 Å². The molecule has 1 aromatic carbocycles. The van der Waals surface area contributed by atoms with Gasteiger partial charge in [0.25, 0.3) is 5.91 Å². The summed E-state index contributed by atoms with van der Waals surface area (Å²) in [5.41, 5.74) is 0.773. The average Bonchev–Trinajstić information content (AvgIpc) is 2.69. The number of hydrogen-bond donors (Lipinski definition) is 0. The molecule has 1 saturated heterocycles. The Morgan fingerprint density at radius 1 is 1.33 bits per heavy atom. The second kappa shape index (κ2) is 7.63. The fourth-order valence-electron chi connectivity index (χ4n) is 1.97. The molecule has 1 fully saturated rings. The molecule has 1 aliphatic rings. The van der Waals surface area contributed by atoms with Crippen LogP contribution in [-0.2, 0) is 4.79 Å². The first-order chi connectivity index (χ1) is 10.0. The third kappa shape index (κ3) is 4.22. The van der Waals surface area contributed by atoms with E-state index >= 15 is 0 Å². The molecule has 21 heavy (non-hydrogen) atoms. The van der Waals surface area contributed by atoms with Crippen molar-refractivity contribution in [3.05, 3.63) is 38.7 Å². The molecule has 0 radical (unpaired) electrons. The van der Waals surface area contributed by atoms with Gasteiger partial charge in [-0.3, -0.25) is 9.69 Å². The van der Waals surface area contributed by atoms with Gasteiger partial charge in [0, 0.05) is 16.6 Å². The highest BCUT2D eigenvalue weighted by Gasteiger charge is 2.31. The molecule has 1 heterocycles. The third-order valence-corrected chi connectivity index (χ3v) is 5.05. The topological polar surface area (TPSA) is 20.3 Å². The molecule has 0 aliphatic carbocycles. The van der Waals surface area contributed by atoms with Gasteiger partial charge in [-0.25, -0.2) is 0 Å². The number of amides is 1. The van der Waals surface area contributed by atoms with Crippen LogP contribution in [0.3, 0.4) is 0 Å². The number of carbonyl (C=O) groups excluding carboxylic acids is 1. The third-order valence-electron chi connectivity index (χ3n) is 3.11. The maximum Gasteiger partial charge on any atom is 0.266 e. The molecular formula is C15H15Cl2NOS2. The quantitative estimate of drug-likeness (QED) is 0.399. The standard InChI is InChI=1S/C15H15Cl2NOS2/c1-2-3-4-7-18-14(19)13(21-15(18)20)8-10-5-6-11(16)9-12(10)17/h5-6,8-9H,2-4,7H2,1H3/b13-8-. The van der Waals surface area contributed by atoms with E-state index in [9.17, 15) is 4.79 Å². The molecule has 1 aliphatic heterocycles. The van der Waals surface area contributed by atoms with Crippen LogP contribution in [0.4, 0.5) is 0 Å². The fourth-order valence-corrected chi connectivity index (χ4v) is 3.73. The SMILES string of the molecule is CCCCCN1C(=O)/C(=C/c2ccc(Cl)cc2Cl)SC1=S. The molecule has 0 aromatic heterocycles. The van der Waals surface area contributed by atoms with Gasteiger partial charge >= 0.3 is 0 Å². The summed E-state index contributed by atoms with van der Waals surface area (Å²) in [5.74, 6) is -0.0351. The van der Waals surface area contributed by atoms with E-state index in [2.05, 4.69) is 6.92 Å². The van der Waals surface area contributed by atoms with Crippen molar-refractivity contribution in [1.29, 1.82) is 0 Å². The molecule has 0 atom stereocenters. The van der Waals surface area contributed by atoms with Gasteiger partial charge in [0.2, 0.25) is 0 Å². The summed E-state index contributed by atoms with van der Waals surface area (Å²) in [6.07, 6.45) is 4.96. The van der Waals surface area contributed by atoms with Gasteiger partial charge in [-0.15, -0.1) is 0 Å². The summed E-state index contributed by atoms with van der Waals surface area (Å²) < 4.78 is 0.618. The molecule has 112 valence electrons. The van der Waals surface area contributed by atoms with Crippen molar-refractivity contribution >= 4 is 63.5 Å². The summed E-state index contributed by atoms with van der Waals surface area (Å²) in [7, 11) is 0. The lowest BCUT2D eigenvalue weighted by Crippen LogP contribution is -2.28. The highest BCUT2D eigenvalue weighted by Crippen LogP contribution is 2.34. The van der Waals surface area contributed by atoms with Gasteiger partial charge in [0.05, 0.1) is 4.91 Å². The monoisotopic (exact) mass is 359 g/mol. The Bertz CT molecular complexity index is 601. The molecule has 0 saturated carbocycles. The summed E-state index contributed by atoms with van der Waals surface area (Å²) in [6, 6.07) is 5.21. The minimum Gasteiger partial charge on any atom is -0.293 e. The Hall–Kier alpha value is -0.550. The zero-order valence-electron chi connectivity index (χ0n) is 11.6. The predicted molar refractivity (Wildman–Crippen MR) is 95.9 cm³/mol. The van der Waals surface area contributed by atoms with E-state index in [4.69, 9.17) is 35.4 Å². The van der Waals surface area contributed by atoms with Crippen LogP contribution >= 0.6 is 47.2 Å². The first kappa shape index (κ1) is 16.8. The summed E-state index contributed by atoms with van der Waals surface area (Å²) in [5, 5.41) is 1.10. The average molecular weight is 360 g/mol. The Kier molecular flexibility index (Phi) is 6.11. The smallest absolute Gasteiger partial charge is 0.266 e.